The van der Waals surface area contributed by atoms with Crippen LogP contribution in [0.1, 0.15) is 5.56 Å². The van der Waals surface area contributed by atoms with Crippen molar-refractivity contribution in [1.82, 2.24) is 4.90 Å². The number of rotatable bonds is 6. The fourth-order valence-corrected chi connectivity index (χ4v) is 3.29. The van der Waals surface area contributed by atoms with E-state index < -0.39 is 0 Å². The summed E-state index contributed by atoms with van der Waals surface area (Å²) in [7, 11) is 4.93. The van der Waals surface area contributed by atoms with E-state index in [9.17, 15) is 0 Å². The molecule has 0 radical (unpaired) electrons. The van der Waals surface area contributed by atoms with Crippen LogP contribution >= 0.6 is 12.4 Å². The van der Waals surface area contributed by atoms with Gasteiger partial charge in [0.25, 0.3) is 0 Å². The Balaban J connectivity index is 0.00000243. The van der Waals surface area contributed by atoms with Crippen molar-refractivity contribution < 1.29 is 14.2 Å². The van der Waals surface area contributed by atoms with E-state index in [1.54, 1.807) is 21.3 Å². The molecule has 1 aliphatic rings. The highest BCUT2D eigenvalue weighted by molar-refractivity contribution is 5.85. The summed E-state index contributed by atoms with van der Waals surface area (Å²) >= 11 is 0. The van der Waals surface area contributed by atoms with Crippen molar-refractivity contribution in [2.75, 3.05) is 52.4 Å². The van der Waals surface area contributed by atoms with E-state index in [2.05, 4.69) is 40.1 Å². The minimum absolute atomic E-state index is 0. The molecule has 3 rings (SSSR count). The summed E-state index contributed by atoms with van der Waals surface area (Å²) in [6.07, 6.45) is 0. The van der Waals surface area contributed by atoms with E-state index in [-0.39, 0.29) is 12.4 Å². The van der Waals surface area contributed by atoms with Gasteiger partial charge in [0.1, 0.15) is 0 Å². The smallest absolute Gasteiger partial charge is 0.203 e. The van der Waals surface area contributed by atoms with Gasteiger partial charge in [0.15, 0.2) is 11.5 Å². The molecular weight excluding hydrogens is 352 g/mol. The van der Waals surface area contributed by atoms with Crippen molar-refractivity contribution in [3.05, 3.63) is 48.0 Å². The molecule has 0 spiro atoms. The number of piperazine rings is 1. The van der Waals surface area contributed by atoms with Crippen molar-refractivity contribution in [2.24, 2.45) is 0 Å². The van der Waals surface area contributed by atoms with E-state index in [0.29, 0.717) is 17.2 Å². The molecule has 0 bridgehead atoms. The number of benzene rings is 2. The zero-order valence-electron chi connectivity index (χ0n) is 15.6. The largest absolute Gasteiger partial charge is 0.493 e. The number of anilines is 1. The topological polar surface area (TPSA) is 34.2 Å². The van der Waals surface area contributed by atoms with Crippen LogP contribution in [0.5, 0.6) is 17.2 Å². The zero-order chi connectivity index (χ0) is 17.6. The fourth-order valence-electron chi connectivity index (χ4n) is 3.29. The molecule has 6 heteroatoms. The van der Waals surface area contributed by atoms with Crippen molar-refractivity contribution in [3.63, 3.8) is 0 Å². The molecule has 2 aromatic carbocycles. The van der Waals surface area contributed by atoms with Crippen molar-refractivity contribution in [1.29, 1.82) is 0 Å². The summed E-state index contributed by atoms with van der Waals surface area (Å²) in [6, 6.07) is 14.7. The van der Waals surface area contributed by atoms with Crippen molar-refractivity contribution in [3.8, 4) is 17.2 Å². The van der Waals surface area contributed by atoms with Gasteiger partial charge in [0.05, 0.1) is 21.3 Å². The van der Waals surface area contributed by atoms with Gasteiger partial charge in [0.2, 0.25) is 5.75 Å². The first-order valence-electron chi connectivity index (χ1n) is 8.56. The molecule has 0 N–H and O–H groups in total. The van der Waals surface area contributed by atoms with Gasteiger partial charge in [-0.15, -0.1) is 12.4 Å². The SMILES string of the molecule is COc1cc(CN2CCN(c3ccccc3)CC2)cc(OC)c1OC.Cl. The molecule has 1 heterocycles. The highest BCUT2D eigenvalue weighted by atomic mass is 35.5. The van der Waals surface area contributed by atoms with Gasteiger partial charge >= 0.3 is 0 Å². The van der Waals surface area contributed by atoms with Crippen molar-refractivity contribution >= 4 is 18.1 Å². The predicted molar refractivity (Wildman–Crippen MR) is 107 cm³/mol. The third kappa shape index (κ3) is 4.54. The molecule has 1 saturated heterocycles. The summed E-state index contributed by atoms with van der Waals surface area (Å²) in [5, 5.41) is 0. The minimum atomic E-state index is 0. The molecule has 0 atom stereocenters. The highest BCUT2D eigenvalue weighted by Crippen LogP contribution is 2.38. The summed E-state index contributed by atoms with van der Waals surface area (Å²) in [5.74, 6) is 2.06. The number of halogens is 1. The maximum atomic E-state index is 5.45. The van der Waals surface area contributed by atoms with Crippen molar-refractivity contribution in [2.45, 2.75) is 6.54 Å². The van der Waals surface area contributed by atoms with Crippen LogP contribution in [0.4, 0.5) is 5.69 Å². The molecule has 142 valence electrons. The van der Waals surface area contributed by atoms with Gasteiger partial charge in [-0.05, 0) is 29.8 Å². The molecular formula is C20H27ClN2O3. The molecule has 1 fully saturated rings. The quantitative estimate of drug-likeness (QED) is 0.769. The molecule has 26 heavy (non-hydrogen) atoms. The summed E-state index contributed by atoms with van der Waals surface area (Å²) in [4.78, 5) is 4.89. The lowest BCUT2D eigenvalue weighted by Gasteiger charge is -2.36. The normalized spacial score (nSPS) is 14.5. The van der Waals surface area contributed by atoms with E-state index in [1.165, 1.54) is 11.3 Å². The minimum Gasteiger partial charge on any atom is -0.493 e. The molecule has 2 aromatic rings. The number of ether oxygens (including phenoxy) is 3. The van der Waals surface area contributed by atoms with Gasteiger partial charge in [-0.2, -0.15) is 0 Å². The van der Waals surface area contributed by atoms with Crippen LogP contribution < -0.4 is 19.1 Å². The molecule has 0 aliphatic carbocycles. The Morgan fingerprint density at radius 2 is 1.38 bits per heavy atom. The second-order valence-electron chi connectivity index (χ2n) is 6.13. The van der Waals surface area contributed by atoms with Gasteiger partial charge in [-0.25, -0.2) is 0 Å². The Morgan fingerprint density at radius 1 is 0.808 bits per heavy atom. The third-order valence-electron chi connectivity index (χ3n) is 4.62. The highest BCUT2D eigenvalue weighted by Gasteiger charge is 2.19. The summed E-state index contributed by atoms with van der Waals surface area (Å²) in [6.45, 7) is 5.01. The molecule has 0 unspecified atom stereocenters. The summed E-state index contributed by atoms with van der Waals surface area (Å²) < 4.78 is 16.3. The van der Waals surface area contributed by atoms with Gasteiger partial charge in [-0.1, -0.05) is 18.2 Å². The first kappa shape index (κ1) is 20.2. The zero-order valence-corrected chi connectivity index (χ0v) is 16.4. The molecule has 0 aromatic heterocycles. The van der Waals surface area contributed by atoms with E-state index in [0.717, 1.165) is 32.7 Å². The van der Waals surface area contributed by atoms with Crippen LogP contribution in [0, 0.1) is 0 Å². The number of methoxy groups -OCH3 is 3. The van der Waals surface area contributed by atoms with Crippen LogP contribution in [0.25, 0.3) is 0 Å². The Bertz CT molecular complexity index is 664. The first-order valence-corrected chi connectivity index (χ1v) is 8.56. The van der Waals surface area contributed by atoms with Crippen LogP contribution in [-0.2, 0) is 6.54 Å². The second kappa shape index (κ2) is 9.55. The summed E-state index contributed by atoms with van der Waals surface area (Å²) in [5.41, 5.74) is 2.47. The van der Waals surface area contributed by atoms with Crippen LogP contribution in [0.15, 0.2) is 42.5 Å². The maximum absolute atomic E-state index is 5.45. The van der Waals surface area contributed by atoms with Crippen LogP contribution in [-0.4, -0.2) is 52.4 Å². The van der Waals surface area contributed by atoms with E-state index >= 15 is 0 Å². The maximum Gasteiger partial charge on any atom is 0.203 e. The molecule has 1 aliphatic heterocycles. The van der Waals surface area contributed by atoms with Gasteiger partial charge in [0, 0.05) is 38.4 Å². The molecule has 0 saturated carbocycles. The lowest BCUT2D eigenvalue weighted by Crippen LogP contribution is -2.45. The van der Waals surface area contributed by atoms with Crippen LogP contribution in [0.3, 0.4) is 0 Å². The molecule has 5 nitrogen and oxygen atoms in total. The van der Waals surface area contributed by atoms with Crippen LogP contribution in [0.2, 0.25) is 0 Å². The lowest BCUT2D eigenvalue weighted by atomic mass is 10.1. The Labute approximate surface area is 161 Å². The van der Waals surface area contributed by atoms with Gasteiger partial charge in [-0.3, -0.25) is 4.90 Å². The van der Waals surface area contributed by atoms with Gasteiger partial charge < -0.3 is 19.1 Å². The standard InChI is InChI=1S/C20H26N2O3.ClH/c1-23-18-13-16(14-19(24-2)20(18)25-3)15-21-9-11-22(12-10-21)17-7-5-4-6-8-17;/h4-8,13-14H,9-12,15H2,1-3H3;1H. The average molecular weight is 379 g/mol. The monoisotopic (exact) mass is 378 g/mol. The average Bonchev–Trinajstić information content (AvgIpc) is 2.68. The third-order valence-corrected chi connectivity index (χ3v) is 4.62. The molecule has 0 amide bonds. The Kier molecular flexibility index (Phi) is 7.42. The lowest BCUT2D eigenvalue weighted by molar-refractivity contribution is 0.248. The number of para-hydroxylation sites is 1. The predicted octanol–water partition coefficient (Wildman–Crippen LogP) is 3.46. The Hall–Kier alpha value is -2.11. The fraction of sp³-hybridized carbons (Fsp3) is 0.400. The number of hydrogen-bond donors (Lipinski definition) is 0. The van der Waals surface area contributed by atoms with E-state index in [1.807, 2.05) is 12.1 Å². The van der Waals surface area contributed by atoms with E-state index in [4.69, 9.17) is 14.2 Å². The number of hydrogen-bond acceptors (Lipinski definition) is 5. The number of nitrogens with zero attached hydrogens (tertiary/aromatic N) is 2. The Morgan fingerprint density at radius 3 is 1.88 bits per heavy atom. The second-order valence-corrected chi connectivity index (χ2v) is 6.13. The first-order chi connectivity index (χ1) is 12.2.